The van der Waals surface area contributed by atoms with E-state index in [0.29, 0.717) is 44.8 Å². The number of urea groups is 1. The van der Waals surface area contributed by atoms with Crippen molar-refractivity contribution in [2.45, 2.75) is 55.9 Å². The monoisotopic (exact) mass is 413 g/mol. The largest absolute Gasteiger partial charge is 0.348 e. The van der Waals surface area contributed by atoms with E-state index in [0.717, 1.165) is 23.3 Å². The molecule has 0 radical (unpaired) electrons. The van der Waals surface area contributed by atoms with E-state index < -0.39 is 17.4 Å². The number of carbonyl (C=O) groups excluding carboxylic acids is 3. The van der Waals surface area contributed by atoms with E-state index in [1.54, 1.807) is 0 Å². The molecule has 1 aromatic rings. The Morgan fingerprint density at radius 2 is 1.77 bits per heavy atom. The summed E-state index contributed by atoms with van der Waals surface area (Å²) in [6.45, 7) is 0.854. The van der Waals surface area contributed by atoms with Gasteiger partial charge in [0.2, 0.25) is 5.91 Å². The van der Waals surface area contributed by atoms with Gasteiger partial charge in [-0.25, -0.2) is 4.79 Å². The molecule has 4 amide bonds. The Morgan fingerprint density at radius 3 is 2.40 bits per heavy atom. The standard InChI is InChI=1S/C22H27N3O5/c26-17(23-18(16-6-7-16)15-4-2-1-3-5-15)14-25-19(27)21(24-20(25)28)8-10-22(11-9-21)29-12-13-30-22/h1-5,16,18H,6-14H2,(H,23,26)(H,24,28)/t18-/m1/s1. The molecule has 160 valence electrons. The Kier molecular flexibility index (Phi) is 4.78. The smallest absolute Gasteiger partial charge is 0.325 e. The molecule has 2 N–H and O–H groups in total. The highest BCUT2D eigenvalue weighted by molar-refractivity contribution is 6.09. The predicted octanol–water partition coefficient (Wildman–Crippen LogP) is 1.86. The van der Waals surface area contributed by atoms with Gasteiger partial charge in [0.1, 0.15) is 12.1 Å². The molecule has 0 aromatic heterocycles. The molecule has 5 rings (SSSR count). The van der Waals surface area contributed by atoms with E-state index in [9.17, 15) is 14.4 Å². The molecule has 2 heterocycles. The third kappa shape index (κ3) is 3.48. The number of ether oxygens (including phenoxy) is 2. The lowest BCUT2D eigenvalue weighted by Crippen LogP contribution is -2.53. The molecular formula is C22H27N3O5. The number of nitrogens with zero attached hydrogens (tertiary/aromatic N) is 1. The van der Waals surface area contributed by atoms with Gasteiger partial charge in [0.25, 0.3) is 5.91 Å². The van der Waals surface area contributed by atoms with Crippen LogP contribution < -0.4 is 10.6 Å². The van der Waals surface area contributed by atoms with Crippen LogP contribution in [0.5, 0.6) is 0 Å². The summed E-state index contributed by atoms with van der Waals surface area (Å²) in [7, 11) is 0. The normalized spacial score (nSPS) is 25.5. The van der Waals surface area contributed by atoms with Crippen LogP contribution >= 0.6 is 0 Å². The Bertz CT molecular complexity index is 838. The van der Waals surface area contributed by atoms with Crippen molar-refractivity contribution >= 4 is 17.8 Å². The average molecular weight is 413 g/mol. The molecule has 2 spiro atoms. The zero-order valence-electron chi connectivity index (χ0n) is 16.9. The first-order chi connectivity index (χ1) is 14.5. The van der Waals surface area contributed by atoms with Gasteiger partial charge in [-0.15, -0.1) is 0 Å². The van der Waals surface area contributed by atoms with E-state index in [1.165, 1.54) is 0 Å². The number of benzene rings is 1. The van der Waals surface area contributed by atoms with E-state index in [2.05, 4.69) is 10.6 Å². The molecule has 4 fully saturated rings. The number of carbonyl (C=O) groups is 3. The number of rotatable bonds is 5. The molecular weight excluding hydrogens is 386 g/mol. The lowest BCUT2D eigenvalue weighted by atomic mass is 9.78. The van der Waals surface area contributed by atoms with Crippen molar-refractivity contribution in [1.29, 1.82) is 0 Å². The van der Waals surface area contributed by atoms with Crippen molar-refractivity contribution in [2.75, 3.05) is 19.8 Å². The van der Waals surface area contributed by atoms with Crippen LogP contribution in [0.15, 0.2) is 30.3 Å². The highest BCUT2D eigenvalue weighted by Gasteiger charge is 2.56. The first kappa shape index (κ1) is 19.5. The molecule has 8 nitrogen and oxygen atoms in total. The molecule has 8 heteroatoms. The Balaban J connectivity index is 1.23. The van der Waals surface area contributed by atoms with Crippen LogP contribution in [-0.2, 0) is 19.1 Å². The molecule has 2 saturated heterocycles. The van der Waals surface area contributed by atoms with E-state index >= 15 is 0 Å². The Hall–Kier alpha value is -2.45. The van der Waals surface area contributed by atoms with Crippen molar-refractivity contribution in [3.8, 4) is 0 Å². The van der Waals surface area contributed by atoms with E-state index in [1.807, 2.05) is 30.3 Å². The minimum Gasteiger partial charge on any atom is -0.348 e. The van der Waals surface area contributed by atoms with Crippen LogP contribution in [-0.4, -0.2) is 53.8 Å². The maximum absolute atomic E-state index is 13.1. The first-order valence-corrected chi connectivity index (χ1v) is 10.8. The predicted molar refractivity (Wildman–Crippen MR) is 106 cm³/mol. The van der Waals surface area contributed by atoms with Gasteiger partial charge >= 0.3 is 6.03 Å². The fourth-order valence-electron chi connectivity index (χ4n) is 4.93. The topological polar surface area (TPSA) is 97.0 Å². The minimum atomic E-state index is -0.951. The highest BCUT2D eigenvalue weighted by atomic mass is 16.7. The van der Waals surface area contributed by atoms with E-state index in [-0.39, 0.29) is 24.4 Å². The molecule has 30 heavy (non-hydrogen) atoms. The summed E-state index contributed by atoms with van der Waals surface area (Å²) in [6, 6.07) is 9.25. The molecule has 2 saturated carbocycles. The second-order valence-corrected chi connectivity index (χ2v) is 8.80. The van der Waals surface area contributed by atoms with Crippen molar-refractivity contribution in [1.82, 2.24) is 15.5 Å². The Labute approximate surface area is 175 Å². The van der Waals surface area contributed by atoms with Gasteiger partial charge in [-0.1, -0.05) is 30.3 Å². The maximum Gasteiger partial charge on any atom is 0.325 e. The second-order valence-electron chi connectivity index (χ2n) is 8.80. The average Bonchev–Trinajstić information content (AvgIpc) is 3.46. The van der Waals surface area contributed by atoms with Gasteiger partial charge in [0.15, 0.2) is 5.79 Å². The fourth-order valence-corrected chi connectivity index (χ4v) is 4.93. The zero-order valence-corrected chi connectivity index (χ0v) is 16.9. The molecule has 1 atom stereocenters. The van der Waals surface area contributed by atoms with Crippen LogP contribution in [0, 0.1) is 5.92 Å². The number of imide groups is 1. The summed E-state index contributed by atoms with van der Waals surface area (Å²) < 4.78 is 11.5. The van der Waals surface area contributed by atoms with Gasteiger partial charge < -0.3 is 20.1 Å². The molecule has 2 aliphatic carbocycles. The van der Waals surface area contributed by atoms with Crippen LogP contribution in [0.3, 0.4) is 0 Å². The van der Waals surface area contributed by atoms with Gasteiger partial charge in [-0.3, -0.25) is 14.5 Å². The summed E-state index contributed by atoms with van der Waals surface area (Å²) in [5, 5.41) is 5.89. The second kappa shape index (κ2) is 7.35. The third-order valence-corrected chi connectivity index (χ3v) is 6.80. The third-order valence-electron chi connectivity index (χ3n) is 6.80. The zero-order chi connectivity index (χ0) is 20.8. The maximum atomic E-state index is 13.1. The summed E-state index contributed by atoms with van der Waals surface area (Å²) in [5.41, 5.74) is 0.101. The lowest BCUT2D eigenvalue weighted by molar-refractivity contribution is -0.186. The SMILES string of the molecule is O=C(CN1C(=O)NC2(CCC3(CC2)OCCO3)C1=O)N[C@H](c1ccccc1)C1CC1. The molecule has 0 unspecified atom stereocenters. The number of nitrogens with one attached hydrogen (secondary N) is 2. The minimum absolute atomic E-state index is 0.0837. The van der Waals surface area contributed by atoms with Crippen LogP contribution in [0.25, 0.3) is 0 Å². The quantitative estimate of drug-likeness (QED) is 0.719. The van der Waals surface area contributed by atoms with Crippen molar-refractivity contribution < 1.29 is 23.9 Å². The van der Waals surface area contributed by atoms with Crippen LogP contribution in [0.4, 0.5) is 4.79 Å². The number of hydrogen-bond donors (Lipinski definition) is 2. The van der Waals surface area contributed by atoms with Crippen molar-refractivity contribution in [2.24, 2.45) is 5.92 Å². The van der Waals surface area contributed by atoms with Crippen molar-refractivity contribution in [3.05, 3.63) is 35.9 Å². The summed E-state index contributed by atoms with van der Waals surface area (Å²) in [5.74, 6) is -0.843. The summed E-state index contributed by atoms with van der Waals surface area (Å²) >= 11 is 0. The van der Waals surface area contributed by atoms with Gasteiger partial charge in [-0.05, 0) is 37.2 Å². The summed E-state index contributed by atoms with van der Waals surface area (Å²) in [6.07, 6.45) is 4.14. The molecule has 1 aromatic carbocycles. The van der Waals surface area contributed by atoms with Gasteiger partial charge in [0.05, 0.1) is 19.3 Å². The van der Waals surface area contributed by atoms with Crippen molar-refractivity contribution in [3.63, 3.8) is 0 Å². The molecule has 4 aliphatic rings. The Morgan fingerprint density at radius 1 is 1.10 bits per heavy atom. The summed E-state index contributed by atoms with van der Waals surface area (Å²) in [4.78, 5) is 39.5. The van der Waals surface area contributed by atoms with E-state index in [4.69, 9.17) is 9.47 Å². The van der Waals surface area contributed by atoms with Gasteiger partial charge in [0, 0.05) is 12.8 Å². The molecule has 2 aliphatic heterocycles. The van der Waals surface area contributed by atoms with Gasteiger partial charge in [-0.2, -0.15) is 0 Å². The molecule has 0 bridgehead atoms. The van der Waals surface area contributed by atoms with Crippen LogP contribution in [0.2, 0.25) is 0 Å². The first-order valence-electron chi connectivity index (χ1n) is 10.8. The number of hydrogen-bond acceptors (Lipinski definition) is 5. The lowest BCUT2D eigenvalue weighted by Gasteiger charge is -2.39. The van der Waals surface area contributed by atoms with Crippen LogP contribution in [0.1, 0.15) is 50.1 Å². The highest BCUT2D eigenvalue weighted by Crippen LogP contribution is 2.43. The number of amides is 4. The fraction of sp³-hybridized carbons (Fsp3) is 0.591.